The van der Waals surface area contributed by atoms with Gasteiger partial charge in [0.05, 0.1) is 25.0 Å². The SMILES string of the molecule is CS(=O)(=O)NC[C@@H](c1ccc(C(F)(F)F)cc1)N1CCOCC1. The van der Waals surface area contributed by atoms with Gasteiger partial charge in [-0.25, -0.2) is 13.1 Å². The van der Waals surface area contributed by atoms with Gasteiger partial charge in [-0.2, -0.15) is 13.2 Å². The van der Waals surface area contributed by atoms with Crippen LogP contribution in [0.4, 0.5) is 13.2 Å². The van der Waals surface area contributed by atoms with Crippen LogP contribution in [0.15, 0.2) is 24.3 Å². The van der Waals surface area contributed by atoms with Crippen molar-refractivity contribution < 1.29 is 26.3 Å². The van der Waals surface area contributed by atoms with Gasteiger partial charge in [-0.15, -0.1) is 0 Å². The minimum Gasteiger partial charge on any atom is -0.379 e. The number of morpholine rings is 1. The summed E-state index contributed by atoms with van der Waals surface area (Å²) in [5, 5.41) is 0. The Morgan fingerprint density at radius 1 is 1.22 bits per heavy atom. The topological polar surface area (TPSA) is 58.6 Å². The van der Waals surface area contributed by atoms with E-state index in [4.69, 9.17) is 4.74 Å². The lowest BCUT2D eigenvalue weighted by Crippen LogP contribution is -2.43. The molecule has 0 aliphatic carbocycles. The van der Waals surface area contributed by atoms with E-state index < -0.39 is 21.8 Å². The van der Waals surface area contributed by atoms with Crippen molar-refractivity contribution in [3.63, 3.8) is 0 Å². The van der Waals surface area contributed by atoms with Crippen LogP contribution in [0.1, 0.15) is 17.2 Å². The number of hydrogen-bond acceptors (Lipinski definition) is 4. The Morgan fingerprint density at radius 2 is 1.78 bits per heavy atom. The van der Waals surface area contributed by atoms with Gasteiger partial charge < -0.3 is 4.74 Å². The number of rotatable bonds is 5. The number of halogens is 3. The van der Waals surface area contributed by atoms with Crippen LogP contribution < -0.4 is 4.72 Å². The molecule has 0 spiro atoms. The highest BCUT2D eigenvalue weighted by Gasteiger charge is 2.31. The molecule has 0 saturated carbocycles. The van der Waals surface area contributed by atoms with Crippen LogP contribution in [-0.4, -0.2) is 52.4 Å². The standard InChI is InChI=1S/C14H19F3N2O3S/c1-23(20,21)18-10-13(19-6-8-22-9-7-19)11-2-4-12(5-3-11)14(15,16)17/h2-5,13,18H,6-10H2,1H3/t13-/m0/s1. The van der Waals surface area contributed by atoms with Gasteiger partial charge in [0.15, 0.2) is 0 Å². The van der Waals surface area contributed by atoms with Gasteiger partial charge in [-0.05, 0) is 17.7 Å². The summed E-state index contributed by atoms with van der Waals surface area (Å²) in [5.41, 5.74) is -0.0888. The van der Waals surface area contributed by atoms with E-state index in [2.05, 4.69) is 4.72 Å². The van der Waals surface area contributed by atoms with Crippen LogP contribution >= 0.6 is 0 Å². The van der Waals surface area contributed by atoms with E-state index in [1.54, 1.807) is 0 Å². The fourth-order valence-electron chi connectivity index (χ4n) is 2.47. The summed E-state index contributed by atoms with van der Waals surface area (Å²) in [6.07, 6.45) is -3.34. The van der Waals surface area contributed by atoms with Crippen molar-refractivity contribution in [2.45, 2.75) is 12.2 Å². The van der Waals surface area contributed by atoms with Crippen LogP contribution in [0.2, 0.25) is 0 Å². The lowest BCUT2D eigenvalue weighted by molar-refractivity contribution is -0.137. The molecule has 1 saturated heterocycles. The van der Waals surface area contributed by atoms with E-state index in [0.29, 0.717) is 31.9 Å². The van der Waals surface area contributed by atoms with Gasteiger partial charge in [0.2, 0.25) is 10.0 Å². The zero-order valence-electron chi connectivity index (χ0n) is 12.6. The van der Waals surface area contributed by atoms with E-state index >= 15 is 0 Å². The summed E-state index contributed by atoms with van der Waals surface area (Å²) < 4.78 is 68.3. The third kappa shape index (κ3) is 5.45. The molecule has 1 aromatic carbocycles. The molecule has 0 bridgehead atoms. The molecule has 1 aliphatic heterocycles. The highest BCUT2D eigenvalue weighted by atomic mass is 32.2. The minimum atomic E-state index is -4.39. The summed E-state index contributed by atoms with van der Waals surface area (Å²) in [5.74, 6) is 0. The average molecular weight is 352 g/mol. The molecule has 5 nitrogen and oxygen atoms in total. The molecule has 1 aromatic rings. The van der Waals surface area contributed by atoms with E-state index in [1.807, 2.05) is 4.90 Å². The number of nitrogens with zero attached hydrogens (tertiary/aromatic N) is 1. The van der Waals surface area contributed by atoms with Crippen molar-refractivity contribution in [3.05, 3.63) is 35.4 Å². The Bertz CT molecular complexity index is 611. The average Bonchev–Trinajstić information content (AvgIpc) is 2.47. The monoisotopic (exact) mass is 352 g/mol. The maximum atomic E-state index is 12.7. The number of alkyl halides is 3. The molecule has 0 amide bonds. The van der Waals surface area contributed by atoms with Gasteiger partial charge in [-0.3, -0.25) is 4.90 Å². The summed E-state index contributed by atoms with van der Waals surface area (Å²) in [4.78, 5) is 2.00. The first-order chi connectivity index (χ1) is 10.7. The number of ether oxygens (including phenoxy) is 1. The molecule has 0 aromatic heterocycles. The molecule has 1 atom stereocenters. The van der Waals surface area contributed by atoms with E-state index in [-0.39, 0.29) is 12.6 Å². The normalized spacial score (nSPS) is 18.8. The molecule has 2 rings (SSSR count). The van der Waals surface area contributed by atoms with Crippen molar-refractivity contribution in [1.29, 1.82) is 0 Å². The minimum absolute atomic E-state index is 0.101. The molecule has 0 radical (unpaired) electrons. The van der Waals surface area contributed by atoms with Crippen molar-refractivity contribution in [1.82, 2.24) is 9.62 Å². The van der Waals surface area contributed by atoms with E-state index in [1.165, 1.54) is 12.1 Å². The van der Waals surface area contributed by atoms with Gasteiger partial charge >= 0.3 is 6.18 Å². The zero-order valence-corrected chi connectivity index (χ0v) is 13.5. The third-order valence-corrected chi connectivity index (χ3v) is 4.34. The lowest BCUT2D eigenvalue weighted by Gasteiger charge is -2.34. The lowest BCUT2D eigenvalue weighted by atomic mass is 10.0. The number of benzene rings is 1. The summed E-state index contributed by atoms with van der Waals surface area (Å²) in [7, 11) is -3.39. The number of nitrogens with one attached hydrogen (secondary N) is 1. The first-order valence-corrected chi connectivity index (χ1v) is 8.99. The van der Waals surface area contributed by atoms with Crippen LogP contribution in [0.3, 0.4) is 0 Å². The predicted molar refractivity (Wildman–Crippen MR) is 79.4 cm³/mol. The molecule has 0 unspecified atom stereocenters. The van der Waals surface area contributed by atoms with Gasteiger partial charge in [0, 0.05) is 25.7 Å². The molecule has 9 heteroatoms. The smallest absolute Gasteiger partial charge is 0.379 e. The second-order valence-electron chi connectivity index (χ2n) is 5.40. The molecular formula is C14H19F3N2O3S. The van der Waals surface area contributed by atoms with Gasteiger partial charge in [-0.1, -0.05) is 12.1 Å². The largest absolute Gasteiger partial charge is 0.416 e. The molecule has 1 heterocycles. The third-order valence-electron chi connectivity index (χ3n) is 3.65. The highest BCUT2D eigenvalue weighted by molar-refractivity contribution is 7.88. The fourth-order valence-corrected chi connectivity index (χ4v) is 2.93. The second-order valence-corrected chi connectivity index (χ2v) is 7.24. The molecular weight excluding hydrogens is 333 g/mol. The van der Waals surface area contributed by atoms with Crippen LogP contribution in [0, 0.1) is 0 Å². The summed E-state index contributed by atoms with van der Waals surface area (Å²) in [6, 6.07) is 4.49. The molecule has 130 valence electrons. The Balaban J connectivity index is 2.21. The zero-order chi connectivity index (χ0) is 17.1. The number of sulfonamides is 1. The van der Waals surface area contributed by atoms with Crippen LogP contribution in [0.25, 0.3) is 0 Å². The molecule has 23 heavy (non-hydrogen) atoms. The van der Waals surface area contributed by atoms with Crippen LogP contribution in [0.5, 0.6) is 0 Å². The quantitative estimate of drug-likeness (QED) is 0.875. The maximum absolute atomic E-state index is 12.7. The Morgan fingerprint density at radius 3 is 2.26 bits per heavy atom. The van der Waals surface area contributed by atoms with Gasteiger partial charge in [0.1, 0.15) is 0 Å². The molecule has 1 aliphatic rings. The maximum Gasteiger partial charge on any atom is 0.416 e. The Hall–Kier alpha value is -1.16. The first-order valence-electron chi connectivity index (χ1n) is 7.10. The summed E-state index contributed by atoms with van der Waals surface area (Å²) in [6.45, 7) is 2.31. The van der Waals surface area contributed by atoms with Gasteiger partial charge in [0.25, 0.3) is 0 Å². The van der Waals surface area contributed by atoms with Crippen molar-refractivity contribution in [2.24, 2.45) is 0 Å². The number of hydrogen-bond donors (Lipinski definition) is 1. The molecule has 1 fully saturated rings. The Labute approximate surface area is 133 Å². The van der Waals surface area contributed by atoms with Crippen molar-refractivity contribution in [2.75, 3.05) is 39.1 Å². The van der Waals surface area contributed by atoms with Crippen molar-refractivity contribution in [3.8, 4) is 0 Å². The Kier molecular flexibility index (Phi) is 5.66. The highest BCUT2D eigenvalue weighted by Crippen LogP contribution is 2.31. The van der Waals surface area contributed by atoms with E-state index in [9.17, 15) is 21.6 Å². The summed E-state index contributed by atoms with van der Waals surface area (Å²) >= 11 is 0. The fraction of sp³-hybridized carbons (Fsp3) is 0.571. The van der Waals surface area contributed by atoms with E-state index in [0.717, 1.165) is 18.4 Å². The van der Waals surface area contributed by atoms with Crippen LogP contribution in [-0.2, 0) is 20.9 Å². The first kappa shape index (κ1) is 18.2. The predicted octanol–water partition coefficient (Wildman–Crippen LogP) is 1.63. The second kappa shape index (κ2) is 7.16. The molecule has 1 N–H and O–H groups in total. The van der Waals surface area contributed by atoms with Crippen molar-refractivity contribution >= 4 is 10.0 Å².